The number of piperidine rings is 1. The van der Waals surface area contributed by atoms with E-state index in [1.165, 1.54) is 0 Å². The van der Waals surface area contributed by atoms with Crippen molar-refractivity contribution in [1.29, 1.82) is 0 Å². The van der Waals surface area contributed by atoms with Gasteiger partial charge in [0.2, 0.25) is 5.91 Å². The summed E-state index contributed by atoms with van der Waals surface area (Å²) in [6.45, 7) is 5.72. The molecule has 1 aliphatic heterocycles. The van der Waals surface area contributed by atoms with E-state index in [9.17, 15) is 9.59 Å². The largest absolute Gasteiger partial charge is 0.481 e. The van der Waals surface area contributed by atoms with Gasteiger partial charge >= 0.3 is 5.97 Å². The van der Waals surface area contributed by atoms with Crippen molar-refractivity contribution >= 4 is 11.9 Å². The van der Waals surface area contributed by atoms with Gasteiger partial charge in [-0.15, -0.1) is 0 Å². The van der Waals surface area contributed by atoms with Crippen molar-refractivity contribution in [3.8, 4) is 0 Å². The van der Waals surface area contributed by atoms with E-state index in [1.807, 2.05) is 0 Å². The molecule has 0 aromatic heterocycles. The molecule has 1 atom stereocenters. The lowest BCUT2D eigenvalue weighted by Crippen LogP contribution is -2.50. The Morgan fingerprint density at radius 2 is 2.12 bits per heavy atom. The number of nitrogens with two attached hydrogens (primary N) is 1. The van der Waals surface area contributed by atoms with Gasteiger partial charge in [-0.1, -0.05) is 13.8 Å². The summed E-state index contributed by atoms with van der Waals surface area (Å²) in [5, 5.41) is 8.56. The van der Waals surface area contributed by atoms with E-state index in [4.69, 9.17) is 10.8 Å². The minimum Gasteiger partial charge on any atom is -0.481 e. The summed E-state index contributed by atoms with van der Waals surface area (Å²) in [6.07, 6.45) is 2.26. The molecule has 3 N–H and O–H groups in total. The highest BCUT2D eigenvalue weighted by atomic mass is 16.4. The third kappa shape index (κ3) is 4.34. The number of amides is 1. The summed E-state index contributed by atoms with van der Waals surface area (Å²) in [5.74, 6) is -1.02. The molecule has 1 heterocycles. The second kappa shape index (κ2) is 5.49. The SMILES string of the molecule is CC1(C)CCCN(C(=O)C(N)CCC(=O)O)C1. The van der Waals surface area contributed by atoms with Crippen LogP contribution < -0.4 is 5.73 Å². The molecule has 1 saturated heterocycles. The smallest absolute Gasteiger partial charge is 0.303 e. The Labute approximate surface area is 102 Å². The molecule has 0 bridgehead atoms. The summed E-state index contributed by atoms with van der Waals surface area (Å²) in [4.78, 5) is 24.2. The Bertz CT molecular complexity index is 302. The summed E-state index contributed by atoms with van der Waals surface area (Å²) < 4.78 is 0. The molecule has 5 heteroatoms. The molecule has 1 aliphatic rings. The number of likely N-dealkylation sites (tertiary alicyclic amines) is 1. The van der Waals surface area contributed by atoms with Crippen molar-refractivity contribution in [3.05, 3.63) is 0 Å². The van der Waals surface area contributed by atoms with E-state index in [-0.39, 0.29) is 24.2 Å². The van der Waals surface area contributed by atoms with Gasteiger partial charge in [-0.05, 0) is 24.7 Å². The van der Waals surface area contributed by atoms with E-state index in [0.717, 1.165) is 19.4 Å². The molecule has 98 valence electrons. The highest BCUT2D eigenvalue weighted by Crippen LogP contribution is 2.28. The molecule has 5 nitrogen and oxygen atoms in total. The maximum atomic E-state index is 12.0. The molecule has 1 amide bonds. The molecule has 0 aromatic rings. The van der Waals surface area contributed by atoms with Gasteiger partial charge in [0.25, 0.3) is 0 Å². The van der Waals surface area contributed by atoms with E-state index < -0.39 is 12.0 Å². The normalized spacial score (nSPS) is 21.0. The van der Waals surface area contributed by atoms with Crippen molar-refractivity contribution in [2.45, 2.75) is 45.6 Å². The molecule has 17 heavy (non-hydrogen) atoms. The monoisotopic (exact) mass is 242 g/mol. The van der Waals surface area contributed by atoms with Gasteiger partial charge in [0.1, 0.15) is 0 Å². The molecule has 1 unspecified atom stereocenters. The quantitative estimate of drug-likeness (QED) is 0.764. The van der Waals surface area contributed by atoms with Crippen LogP contribution in [-0.4, -0.2) is 41.0 Å². The van der Waals surface area contributed by atoms with Crippen LogP contribution in [0.4, 0.5) is 0 Å². The van der Waals surface area contributed by atoms with Crippen LogP contribution in [0.25, 0.3) is 0 Å². The van der Waals surface area contributed by atoms with Gasteiger partial charge < -0.3 is 15.7 Å². The number of aliphatic carboxylic acids is 1. The zero-order valence-corrected chi connectivity index (χ0v) is 10.6. The average molecular weight is 242 g/mol. The maximum absolute atomic E-state index is 12.0. The van der Waals surface area contributed by atoms with Gasteiger partial charge in [0, 0.05) is 19.5 Å². The van der Waals surface area contributed by atoms with Gasteiger partial charge in [-0.2, -0.15) is 0 Å². The van der Waals surface area contributed by atoms with Crippen molar-refractivity contribution in [1.82, 2.24) is 4.90 Å². The minimum atomic E-state index is -0.910. The lowest BCUT2D eigenvalue weighted by molar-refractivity contribution is -0.138. The van der Waals surface area contributed by atoms with Crippen molar-refractivity contribution in [2.24, 2.45) is 11.1 Å². The minimum absolute atomic E-state index is 0.0514. The Morgan fingerprint density at radius 3 is 2.65 bits per heavy atom. The van der Waals surface area contributed by atoms with E-state index >= 15 is 0 Å². The number of carbonyl (C=O) groups excluding carboxylic acids is 1. The van der Waals surface area contributed by atoms with Crippen LogP contribution in [-0.2, 0) is 9.59 Å². The number of carbonyl (C=O) groups is 2. The van der Waals surface area contributed by atoms with Crippen molar-refractivity contribution in [2.75, 3.05) is 13.1 Å². The first kappa shape index (κ1) is 14.0. The Morgan fingerprint density at radius 1 is 1.47 bits per heavy atom. The molecule has 1 rings (SSSR count). The molecule has 0 aliphatic carbocycles. The van der Waals surface area contributed by atoms with Gasteiger partial charge in [0.05, 0.1) is 6.04 Å². The van der Waals surface area contributed by atoms with Crippen molar-refractivity contribution < 1.29 is 14.7 Å². The summed E-state index contributed by atoms with van der Waals surface area (Å²) in [5.41, 5.74) is 5.87. The molecule has 0 spiro atoms. The molecular formula is C12H22N2O3. The molecule has 0 saturated carbocycles. The first-order valence-electron chi connectivity index (χ1n) is 6.08. The fourth-order valence-corrected chi connectivity index (χ4v) is 2.25. The van der Waals surface area contributed by atoms with Crippen molar-refractivity contribution in [3.63, 3.8) is 0 Å². The second-order valence-corrected chi connectivity index (χ2v) is 5.57. The maximum Gasteiger partial charge on any atom is 0.303 e. The van der Waals surface area contributed by atoms with E-state index in [0.29, 0.717) is 6.54 Å². The molecule has 1 fully saturated rings. The van der Waals surface area contributed by atoms with Crippen LogP contribution in [0.3, 0.4) is 0 Å². The number of rotatable bonds is 4. The predicted octanol–water partition coefficient (Wildman–Crippen LogP) is 0.827. The van der Waals surface area contributed by atoms with E-state index in [1.54, 1.807) is 4.90 Å². The van der Waals surface area contributed by atoms with Crippen LogP contribution in [0.5, 0.6) is 0 Å². The number of nitrogens with zero attached hydrogens (tertiary/aromatic N) is 1. The van der Waals surface area contributed by atoms with Gasteiger partial charge in [-0.3, -0.25) is 9.59 Å². The Kier molecular flexibility index (Phi) is 4.51. The summed E-state index contributed by atoms with van der Waals surface area (Å²) in [6, 6.07) is -0.681. The zero-order valence-electron chi connectivity index (χ0n) is 10.6. The first-order chi connectivity index (χ1) is 7.82. The highest BCUT2D eigenvalue weighted by Gasteiger charge is 2.31. The second-order valence-electron chi connectivity index (χ2n) is 5.57. The van der Waals surface area contributed by atoms with Gasteiger partial charge in [0.15, 0.2) is 0 Å². The summed E-state index contributed by atoms with van der Waals surface area (Å²) >= 11 is 0. The molecule has 0 aromatic carbocycles. The number of carboxylic acid groups (broad SMARTS) is 1. The summed E-state index contributed by atoms with van der Waals surface area (Å²) in [7, 11) is 0. The number of hydrogen-bond acceptors (Lipinski definition) is 3. The van der Waals surface area contributed by atoms with Crippen LogP contribution in [0, 0.1) is 5.41 Å². The lowest BCUT2D eigenvalue weighted by atomic mass is 9.84. The topological polar surface area (TPSA) is 83.6 Å². The van der Waals surface area contributed by atoms with Crippen LogP contribution in [0.1, 0.15) is 39.5 Å². The highest BCUT2D eigenvalue weighted by molar-refractivity contribution is 5.82. The third-order valence-electron chi connectivity index (χ3n) is 3.20. The Balaban J connectivity index is 2.48. The Hall–Kier alpha value is -1.10. The van der Waals surface area contributed by atoms with Crippen LogP contribution >= 0.6 is 0 Å². The lowest BCUT2D eigenvalue weighted by Gasteiger charge is -2.39. The average Bonchev–Trinajstić information content (AvgIpc) is 2.23. The number of carboxylic acids is 1. The predicted molar refractivity (Wildman–Crippen MR) is 64.4 cm³/mol. The van der Waals surface area contributed by atoms with Crippen LogP contribution in [0.2, 0.25) is 0 Å². The first-order valence-corrected chi connectivity index (χ1v) is 6.08. The molecule has 0 radical (unpaired) electrons. The standard InChI is InChI=1S/C12H22N2O3/c1-12(2)6-3-7-14(8-12)11(17)9(13)4-5-10(15)16/h9H,3-8,13H2,1-2H3,(H,15,16). The third-order valence-corrected chi connectivity index (χ3v) is 3.20. The van der Waals surface area contributed by atoms with Crippen LogP contribution in [0.15, 0.2) is 0 Å². The van der Waals surface area contributed by atoms with E-state index in [2.05, 4.69) is 13.8 Å². The number of hydrogen-bond donors (Lipinski definition) is 2. The fourth-order valence-electron chi connectivity index (χ4n) is 2.25. The fraction of sp³-hybridized carbons (Fsp3) is 0.833. The van der Waals surface area contributed by atoms with Gasteiger partial charge in [-0.25, -0.2) is 0 Å². The molecular weight excluding hydrogens is 220 g/mol. The zero-order chi connectivity index (χ0) is 13.1.